The summed E-state index contributed by atoms with van der Waals surface area (Å²) in [5, 5.41) is 3.49. The smallest absolute Gasteiger partial charge is 0.0382 e. The molecule has 1 N–H and O–H groups in total. The number of fused-ring (bicyclic) bond motifs is 1. The summed E-state index contributed by atoms with van der Waals surface area (Å²) in [4.78, 5) is 0. The summed E-state index contributed by atoms with van der Waals surface area (Å²) >= 11 is 0. The van der Waals surface area contributed by atoms with Crippen LogP contribution in [0.25, 0.3) is 16.7 Å². The van der Waals surface area contributed by atoms with Gasteiger partial charge in [0.2, 0.25) is 0 Å². The van der Waals surface area contributed by atoms with Gasteiger partial charge in [-0.15, -0.1) is 0 Å². The predicted molar refractivity (Wildman–Crippen MR) is 126 cm³/mol. The van der Waals surface area contributed by atoms with E-state index in [1.165, 1.54) is 33.4 Å². The summed E-state index contributed by atoms with van der Waals surface area (Å²) in [6.45, 7) is 11.0. The molecule has 0 atom stereocenters. The molecule has 0 amide bonds. The maximum absolute atomic E-state index is 4.39. The average Bonchev–Trinajstić information content (AvgIpc) is 2.94. The van der Waals surface area contributed by atoms with Crippen molar-refractivity contribution in [2.24, 2.45) is 0 Å². The lowest BCUT2D eigenvalue weighted by molar-refractivity contribution is 0.663. The van der Waals surface area contributed by atoms with E-state index in [1.807, 2.05) is 6.07 Å². The minimum Gasteiger partial charge on any atom is -0.359 e. The Labute approximate surface area is 174 Å². The Hall–Kier alpha value is -3.32. The van der Waals surface area contributed by atoms with Gasteiger partial charge in [0, 0.05) is 16.8 Å². The Morgan fingerprint density at radius 3 is 2.17 bits per heavy atom. The number of benzene rings is 3. The van der Waals surface area contributed by atoms with Gasteiger partial charge in [-0.05, 0) is 58.5 Å². The zero-order valence-electron chi connectivity index (χ0n) is 17.4. The van der Waals surface area contributed by atoms with E-state index in [4.69, 9.17) is 0 Å². The van der Waals surface area contributed by atoms with Crippen molar-refractivity contribution in [1.82, 2.24) is 0 Å². The van der Waals surface area contributed by atoms with Crippen LogP contribution in [-0.4, -0.2) is 0 Å². The molecule has 0 heterocycles. The second-order valence-electron chi connectivity index (χ2n) is 8.15. The van der Waals surface area contributed by atoms with E-state index < -0.39 is 0 Å². The van der Waals surface area contributed by atoms with Gasteiger partial charge in [-0.3, -0.25) is 0 Å². The summed E-state index contributed by atoms with van der Waals surface area (Å²) in [7, 11) is 0. The molecule has 3 aromatic carbocycles. The quantitative estimate of drug-likeness (QED) is 0.493. The molecule has 1 aliphatic rings. The van der Waals surface area contributed by atoms with E-state index in [0.717, 1.165) is 11.4 Å². The molecule has 29 heavy (non-hydrogen) atoms. The normalized spacial score (nSPS) is 16.7. The van der Waals surface area contributed by atoms with E-state index in [9.17, 15) is 0 Å². The molecule has 0 radical (unpaired) electrons. The van der Waals surface area contributed by atoms with Crippen LogP contribution in [0.3, 0.4) is 0 Å². The van der Waals surface area contributed by atoms with E-state index in [0.29, 0.717) is 0 Å². The van der Waals surface area contributed by atoms with Crippen LogP contribution < -0.4 is 5.32 Å². The van der Waals surface area contributed by atoms with E-state index in [-0.39, 0.29) is 5.41 Å². The zero-order valence-corrected chi connectivity index (χ0v) is 17.4. The van der Waals surface area contributed by atoms with Crippen LogP contribution >= 0.6 is 0 Å². The Kier molecular flexibility index (Phi) is 4.98. The average molecular weight is 378 g/mol. The number of hydrogen-bond donors (Lipinski definition) is 1. The summed E-state index contributed by atoms with van der Waals surface area (Å²) in [5.74, 6) is 0. The molecule has 0 unspecified atom stereocenters. The minimum absolute atomic E-state index is 0.0229. The topological polar surface area (TPSA) is 12.0 Å². The van der Waals surface area contributed by atoms with Gasteiger partial charge in [-0.1, -0.05) is 93.2 Å². The number of nitrogens with one attached hydrogen (secondary N) is 1. The Morgan fingerprint density at radius 1 is 0.828 bits per heavy atom. The summed E-state index contributed by atoms with van der Waals surface area (Å²) in [5.41, 5.74) is 9.66. The standard InChI is InChI=1S/C28H27N/c1-20(29-24-17-15-23(16-18-24)22-10-6-5-7-11-22)14-19-25-21(2)28(3,4)27-13-9-8-12-26(25)27/h5-19,29H,2H2,1,3-4H3/b20-14+,25-19+. The molecule has 0 spiro atoms. The van der Waals surface area contributed by atoms with Crippen molar-refractivity contribution in [3.8, 4) is 11.1 Å². The van der Waals surface area contributed by atoms with Gasteiger partial charge in [0.15, 0.2) is 0 Å². The Balaban J connectivity index is 1.53. The monoisotopic (exact) mass is 377 g/mol. The molecule has 1 heteroatoms. The molecular formula is C28H27N. The molecule has 3 aromatic rings. The third-order valence-corrected chi connectivity index (χ3v) is 5.80. The highest BCUT2D eigenvalue weighted by Gasteiger charge is 2.36. The van der Waals surface area contributed by atoms with Gasteiger partial charge in [-0.2, -0.15) is 0 Å². The summed E-state index contributed by atoms with van der Waals surface area (Å²) < 4.78 is 0. The zero-order chi connectivity index (χ0) is 20.4. The number of anilines is 1. The molecule has 0 saturated carbocycles. The van der Waals surface area contributed by atoms with Gasteiger partial charge in [0.25, 0.3) is 0 Å². The van der Waals surface area contributed by atoms with Crippen LogP contribution in [0.4, 0.5) is 5.69 Å². The first-order chi connectivity index (χ1) is 14.0. The fourth-order valence-corrected chi connectivity index (χ4v) is 3.97. The predicted octanol–water partition coefficient (Wildman–Crippen LogP) is 7.60. The number of allylic oxidation sites excluding steroid dienone is 5. The largest absolute Gasteiger partial charge is 0.359 e. The Bertz CT molecular complexity index is 1100. The van der Waals surface area contributed by atoms with Crippen LogP contribution in [0.15, 0.2) is 109 Å². The molecular weight excluding hydrogens is 350 g/mol. The van der Waals surface area contributed by atoms with Crippen LogP contribution in [0.2, 0.25) is 0 Å². The molecule has 4 rings (SSSR count). The SMILES string of the molecule is C=C1/C(=C\C=C(/C)Nc2ccc(-c3ccccc3)cc2)c2ccccc2C1(C)C. The molecule has 0 saturated heterocycles. The maximum atomic E-state index is 4.39. The first kappa shape index (κ1) is 19.0. The van der Waals surface area contributed by atoms with Crippen molar-refractivity contribution in [3.63, 3.8) is 0 Å². The lowest BCUT2D eigenvalue weighted by Gasteiger charge is -2.20. The van der Waals surface area contributed by atoms with Gasteiger partial charge in [-0.25, -0.2) is 0 Å². The lowest BCUT2D eigenvalue weighted by Crippen LogP contribution is -2.14. The highest BCUT2D eigenvalue weighted by Crippen LogP contribution is 2.48. The summed E-state index contributed by atoms with van der Waals surface area (Å²) in [6, 6.07) is 27.6. The molecule has 1 aliphatic carbocycles. The number of rotatable bonds is 4. The Morgan fingerprint density at radius 2 is 1.45 bits per heavy atom. The molecule has 0 aliphatic heterocycles. The highest BCUT2D eigenvalue weighted by atomic mass is 14.9. The van der Waals surface area contributed by atoms with Gasteiger partial charge < -0.3 is 5.32 Å². The van der Waals surface area contributed by atoms with Crippen molar-refractivity contribution in [1.29, 1.82) is 0 Å². The fourth-order valence-electron chi connectivity index (χ4n) is 3.97. The first-order valence-corrected chi connectivity index (χ1v) is 10.1. The van der Waals surface area contributed by atoms with E-state index in [1.54, 1.807) is 0 Å². The minimum atomic E-state index is -0.0229. The highest BCUT2D eigenvalue weighted by molar-refractivity contribution is 5.89. The maximum Gasteiger partial charge on any atom is 0.0382 e. The summed E-state index contributed by atoms with van der Waals surface area (Å²) in [6.07, 6.45) is 4.33. The van der Waals surface area contributed by atoms with E-state index in [2.05, 4.69) is 118 Å². The van der Waals surface area contributed by atoms with Gasteiger partial charge in [0.1, 0.15) is 0 Å². The van der Waals surface area contributed by atoms with Crippen molar-refractivity contribution in [2.75, 3.05) is 5.32 Å². The van der Waals surface area contributed by atoms with Crippen LogP contribution in [0.1, 0.15) is 31.9 Å². The fraction of sp³-hybridized carbons (Fsp3) is 0.143. The second kappa shape index (κ2) is 7.60. The van der Waals surface area contributed by atoms with Gasteiger partial charge >= 0.3 is 0 Å². The molecule has 0 bridgehead atoms. The van der Waals surface area contributed by atoms with Crippen LogP contribution in [0, 0.1) is 0 Å². The molecule has 0 fully saturated rings. The van der Waals surface area contributed by atoms with Crippen molar-refractivity contribution >= 4 is 11.3 Å². The van der Waals surface area contributed by atoms with Gasteiger partial charge in [0.05, 0.1) is 0 Å². The van der Waals surface area contributed by atoms with Crippen molar-refractivity contribution in [2.45, 2.75) is 26.2 Å². The van der Waals surface area contributed by atoms with Crippen LogP contribution in [0.5, 0.6) is 0 Å². The molecule has 0 aromatic heterocycles. The third-order valence-electron chi connectivity index (χ3n) is 5.80. The lowest BCUT2D eigenvalue weighted by atomic mass is 9.83. The van der Waals surface area contributed by atoms with Crippen molar-refractivity contribution < 1.29 is 0 Å². The third kappa shape index (κ3) is 3.69. The molecule has 1 nitrogen and oxygen atoms in total. The van der Waals surface area contributed by atoms with E-state index >= 15 is 0 Å². The van der Waals surface area contributed by atoms with Crippen LogP contribution in [-0.2, 0) is 5.41 Å². The number of hydrogen-bond acceptors (Lipinski definition) is 1. The molecule has 144 valence electrons. The first-order valence-electron chi connectivity index (χ1n) is 10.1. The van der Waals surface area contributed by atoms with Crippen molar-refractivity contribution in [3.05, 3.63) is 120 Å². The second-order valence-corrected chi connectivity index (χ2v) is 8.15.